The number of carbonyl (C=O) groups is 1. The number of halogens is 2. The molecule has 2 N–H and O–H groups in total. The van der Waals surface area contributed by atoms with Crippen LogP contribution in [0.15, 0.2) is 46.8 Å². The molecule has 0 atom stereocenters. The quantitative estimate of drug-likeness (QED) is 0.541. The molecule has 0 saturated carbocycles. The highest BCUT2D eigenvalue weighted by atomic mass is 35.5. The zero-order chi connectivity index (χ0) is 20.3. The van der Waals surface area contributed by atoms with E-state index in [1.165, 1.54) is 31.4 Å². The maximum Gasteiger partial charge on any atom is 0.291 e. The predicted molar refractivity (Wildman–Crippen MR) is 108 cm³/mol. The van der Waals surface area contributed by atoms with E-state index >= 15 is 0 Å². The summed E-state index contributed by atoms with van der Waals surface area (Å²) in [5.41, 5.74) is 0.456. The molecule has 1 heterocycles. The number of carbonyl (C=O) groups excluding carboxylic acids is 1. The smallest absolute Gasteiger partial charge is 0.291 e. The Labute approximate surface area is 174 Å². The van der Waals surface area contributed by atoms with Crippen LogP contribution in [0.25, 0.3) is 0 Å². The van der Waals surface area contributed by atoms with Crippen LogP contribution in [0.3, 0.4) is 0 Å². The van der Waals surface area contributed by atoms with E-state index in [4.69, 9.17) is 27.9 Å². The Morgan fingerprint density at radius 2 is 1.86 bits per heavy atom. The van der Waals surface area contributed by atoms with Crippen molar-refractivity contribution in [3.05, 3.63) is 58.1 Å². The molecule has 1 amide bonds. The van der Waals surface area contributed by atoms with Crippen molar-refractivity contribution in [3.8, 4) is 5.75 Å². The molecule has 12 heteroatoms. The molecule has 0 bridgehead atoms. The first-order valence-electron chi connectivity index (χ1n) is 7.56. The SMILES string of the molecule is COc1ccc(NS(=O)(=O)c2nnc(NC(=O)c3ccccc3Cl)s2)cc1Cl. The van der Waals surface area contributed by atoms with Crippen LogP contribution in [-0.2, 0) is 10.0 Å². The van der Waals surface area contributed by atoms with Crippen LogP contribution < -0.4 is 14.8 Å². The van der Waals surface area contributed by atoms with Crippen molar-refractivity contribution >= 4 is 61.3 Å². The Morgan fingerprint density at radius 1 is 1.11 bits per heavy atom. The van der Waals surface area contributed by atoms with Gasteiger partial charge in [-0.3, -0.25) is 14.8 Å². The first-order chi connectivity index (χ1) is 13.3. The van der Waals surface area contributed by atoms with Gasteiger partial charge in [-0.15, -0.1) is 10.2 Å². The molecule has 0 saturated heterocycles. The van der Waals surface area contributed by atoms with Crippen molar-refractivity contribution in [2.24, 2.45) is 0 Å². The van der Waals surface area contributed by atoms with Gasteiger partial charge in [0.15, 0.2) is 0 Å². The lowest BCUT2D eigenvalue weighted by Gasteiger charge is -2.07. The number of sulfonamides is 1. The Morgan fingerprint density at radius 3 is 2.54 bits per heavy atom. The molecule has 1 aromatic heterocycles. The number of hydrogen-bond donors (Lipinski definition) is 2. The summed E-state index contributed by atoms with van der Waals surface area (Å²) in [4.78, 5) is 12.2. The second kappa shape index (κ2) is 8.31. The number of rotatable bonds is 6. The summed E-state index contributed by atoms with van der Waals surface area (Å²) in [5, 5.41) is 10.3. The fourth-order valence-electron chi connectivity index (χ4n) is 2.11. The molecule has 28 heavy (non-hydrogen) atoms. The normalized spacial score (nSPS) is 11.1. The molecule has 0 unspecified atom stereocenters. The summed E-state index contributed by atoms with van der Waals surface area (Å²) < 4.78 is 32.0. The van der Waals surface area contributed by atoms with E-state index in [-0.39, 0.29) is 30.8 Å². The third-order valence-corrected chi connectivity index (χ3v) is 6.59. The van der Waals surface area contributed by atoms with Crippen molar-refractivity contribution in [2.45, 2.75) is 4.34 Å². The predicted octanol–water partition coefficient (Wildman–Crippen LogP) is 3.91. The molecule has 0 radical (unpaired) electrons. The fraction of sp³-hybridized carbons (Fsp3) is 0.0625. The lowest BCUT2D eigenvalue weighted by Crippen LogP contribution is -2.12. The second-order valence-electron chi connectivity index (χ2n) is 5.26. The van der Waals surface area contributed by atoms with Gasteiger partial charge < -0.3 is 4.74 Å². The molecule has 146 valence electrons. The summed E-state index contributed by atoms with van der Waals surface area (Å²) in [6.07, 6.45) is 0. The standard InChI is InChI=1S/C16H12Cl2N4O4S2/c1-26-13-7-6-9(8-12(13)18)22-28(24,25)16-21-20-15(27-16)19-14(23)10-4-2-3-5-11(10)17/h2-8,22H,1H3,(H,19,20,23). The first kappa shape index (κ1) is 20.3. The highest BCUT2D eigenvalue weighted by molar-refractivity contribution is 7.94. The Balaban J connectivity index is 1.76. The number of aromatic nitrogens is 2. The topological polar surface area (TPSA) is 110 Å². The zero-order valence-electron chi connectivity index (χ0n) is 14.1. The van der Waals surface area contributed by atoms with Gasteiger partial charge in [-0.25, -0.2) is 0 Å². The fourth-order valence-corrected chi connectivity index (χ4v) is 4.53. The number of amides is 1. The van der Waals surface area contributed by atoms with Gasteiger partial charge in [0.25, 0.3) is 20.3 Å². The van der Waals surface area contributed by atoms with Gasteiger partial charge in [-0.2, -0.15) is 8.42 Å². The second-order valence-corrected chi connectivity index (χ2v) is 8.91. The number of nitrogens with zero attached hydrogens (tertiary/aromatic N) is 2. The summed E-state index contributed by atoms with van der Waals surface area (Å²) in [6, 6.07) is 10.9. The molecule has 8 nitrogen and oxygen atoms in total. The first-order valence-corrected chi connectivity index (χ1v) is 10.6. The van der Waals surface area contributed by atoms with Gasteiger partial charge in [0.1, 0.15) is 5.75 Å². The number of ether oxygens (including phenoxy) is 1. The molecule has 0 aliphatic rings. The molecule has 0 spiro atoms. The molecule has 3 aromatic rings. The molecular weight excluding hydrogens is 447 g/mol. The van der Waals surface area contributed by atoms with E-state index in [0.29, 0.717) is 17.1 Å². The Bertz CT molecular complexity index is 1140. The Kier molecular flexibility index (Phi) is 6.04. The highest BCUT2D eigenvalue weighted by Gasteiger charge is 2.22. The molecule has 0 fully saturated rings. The minimum absolute atomic E-state index is 0.0121. The van der Waals surface area contributed by atoms with Gasteiger partial charge in [0.2, 0.25) is 5.13 Å². The van der Waals surface area contributed by atoms with Crippen molar-refractivity contribution in [2.75, 3.05) is 17.1 Å². The lowest BCUT2D eigenvalue weighted by atomic mass is 10.2. The van der Waals surface area contributed by atoms with E-state index in [0.717, 1.165) is 0 Å². The number of hydrogen-bond acceptors (Lipinski definition) is 7. The third-order valence-electron chi connectivity index (χ3n) is 3.38. The maximum absolute atomic E-state index is 12.5. The summed E-state index contributed by atoms with van der Waals surface area (Å²) in [7, 11) is -2.57. The summed E-state index contributed by atoms with van der Waals surface area (Å²) in [5.74, 6) is -0.120. The average molecular weight is 459 g/mol. The largest absolute Gasteiger partial charge is 0.495 e. The van der Waals surface area contributed by atoms with E-state index < -0.39 is 15.9 Å². The van der Waals surface area contributed by atoms with E-state index in [1.54, 1.807) is 18.2 Å². The minimum atomic E-state index is -4.02. The number of anilines is 2. The number of nitrogens with one attached hydrogen (secondary N) is 2. The van der Waals surface area contributed by atoms with Crippen LogP contribution in [0.1, 0.15) is 10.4 Å². The molecule has 0 aliphatic heterocycles. The lowest BCUT2D eigenvalue weighted by molar-refractivity contribution is 0.102. The van der Waals surface area contributed by atoms with Crippen LogP contribution in [0.4, 0.5) is 10.8 Å². The van der Waals surface area contributed by atoms with Gasteiger partial charge in [0.05, 0.1) is 28.4 Å². The molecule has 2 aromatic carbocycles. The summed E-state index contributed by atoms with van der Waals surface area (Å²) >= 11 is 12.7. The Hall–Kier alpha value is -2.40. The van der Waals surface area contributed by atoms with Gasteiger partial charge in [-0.1, -0.05) is 46.7 Å². The van der Waals surface area contributed by atoms with Crippen LogP contribution in [0.2, 0.25) is 10.0 Å². The van der Waals surface area contributed by atoms with Crippen molar-refractivity contribution < 1.29 is 17.9 Å². The van der Waals surface area contributed by atoms with E-state index in [1.807, 2.05) is 0 Å². The third kappa shape index (κ3) is 4.53. The molecular formula is C16H12Cl2N4O4S2. The van der Waals surface area contributed by atoms with Crippen molar-refractivity contribution in [1.82, 2.24) is 10.2 Å². The van der Waals surface area contributed by atoms with Gasteiger partial charge in [0, 0.05) is 0 Å². The average Bonchev–Trinajstić information content (AvgIpc) is 3.11. The zero-order valence-corrected chi connectivity index (χ0v) is 17.3. The number of benzene rings is 2. The molecule has 3 rings (SSSR count). The summed E-state index contributed by atoms with van der Waals surface area (Å²) in [6.45, 7) is 0. The van der Waals surface area contributed by atoms with Crippen molar-refractivity contribution in [1.29, 1.82) is 0 Å². The van der Waals surface area contributed by atoms with Crippen LogP contribution in [0.5, 0.6) is 5.75 Å². The maximum atomic E-state index is 12.5. The van der Waals surface area contributed by atoms with Crippen LogP contribution in [-0.4, -0.2) is 31.6 Å². The number of methoxy groups -OCH3 is 1. The van der Waals surface area contributed by atoms with Crippen molar-refractivity contribution in [3.63, 3.8) is 0 Å². The van der Waals surface area contributed by atoms with Gasteiger partial charge in [-0.05, 0) is 30.3 Å². The van der Waals surface area contributed by atoms with Crippen LogP contribution >= 0.6 is 34.5 Å². The minimum Gasteiger partial charge on any atom is -0.495 e. The monoisotopic (exact) mass is 458 g/mol. The van der Waals surface area contributed by atoms with E-state index in [9.17, 15) is 13.2 Å². The van der Waals surface area contributed by atoms with Gasteiger partial charge >= 0.3 is 0 Å². The van der Waals surface area contributed by atoms with Crippen LogP contribution in [0, 0.1) is 0 Å². The van der Waals surface area contributed by atoms with E-state index in [2.05, 4.69) is 20.2 Å². The highest BCUT2D eigenvalue weighted by Crippen LogP contribution is 2.29. The molecule has 0 aliphatic carbocycles.